The third-order valence-electron chi connectivity index (χ3n) is 3.63. The standard InChI is InChI=1S/C15H17N3O2S/c1-8(16)15-17-11(7-21-15)14(20)18-13-10-5-3-2-4-9(10)6-12(13)19/h2-5,7-8,12-13,19H,6,16H2,1H3,(H,18,20)/t8?,12-,13+/m1/s1. The highest BCUT2D eigenvalue weighted by Gasteiger charge is 2.32. The number of hydrogen-bond donors (Lipinski definition) is 3. The third kappa shape index (κ3) is 2.70. The van der Waals surface area contributed by atoms with Gasteiger partial charge in [0.05, 0.1) is 18.2 Å². The van der Waals surface area contributed by atoms with E-state index in [0.717, 1.165) is 16.1 Å². The number of hydrogen-bond acceptors (Lipinski definition) is 5. The summed E-state index contributed by atoms with van der Waals surface area (Å²) < 4.78 is 0. The van der Waals surface area contributed by atoms with Crippen molar-refractivity contribution < 1.29 is 9.90 Å². The van der Waals surface area contributed by atoms with E-state index in [1.54, 1.807) is 5.38 Å². The number of aliphatic hydroxyl groups is 1. The number of nitrogens with one attached hydrogen (secondary N) is 1. The second-order valence-electron chi connectivity index (χ2n) is 5.28. The Labute approximate surface area is 126 Å². The molecule has 1 amide bonds. The molecule has 0 radical (unpaired) electrons. The van der Waals surface area contributed by atoms with Crippen LogP contribution in [0.25, 0.3) is 0 Å². The van der Waals surface area contributed by atoms with Gasteiger partial charge in [-0.05, 0) is 18.1 Å². The van der Waals surface area contributed by atoms with Crippen molar-refractivity contribution in [2.75, 3.05) is 0 Å². The maximum absolute atomic E-state index is 12.3. The van der Waals surface area contributed by atoms with Crippen LogP contribution in [0, 0.1) is 0 Å². The Balaban J connectivity index is 1.78. The Morgan fingerprint density at radius 1 is 1.52 bits per heavy atom. The van der Waals surface area contributed by atoms with Crippen molar-refractivity contribution in [1.82, 2.24) is 10.3 Å². The van der Waals surface area contributed by atoms with Gasteiger partial charge in [0.25, 0.3) is 5.91 Å². The number of rotatable bonds is 3. The molecular weight excluding hydrogens is 286 g/mol. The topological polar surface area (TPSA) is 88.2 Å². The van der Waals surface area contributed by atoms with Crippen LogP contribution in [-0.4, -0.2) is 22.1 Å². The second-order valence-corrected chi connectivity index (χ2v) is 6.17. The number of benzene rings is 1. The zero-order valence-electron chi connectivity index (χ0n) is 11.6. The number of nitrogens with zero attached hydrogens (tertiary/aromatic N) is 1. The van der Waals surface area contributed by atoms with E-state index in [0.29, 0.717) is 12.1 Å². The lowest BCUT2D eigenvalue weighted by Gasteiger charge is -2.17. The summed E-state index contributed by atoms with van der Waals surface area (Å²) in [5, 5.41) is 15.4. The number of carbonyl (C=O) groups is 1. The summed E-state index contributed by atoms with van der Waals surface area (Å²) in [5.74, 6) is -0.279. The molecule has 0 fully saturated rings. The fraction of sp³-hybridized carbons (Fsp3) is 0.333. The van der Waals surface area contributed by atoms with Gasteiger partial charge in [-0.3, -0.25) is 4.79 Å². The van der Waals surface area contributed by atoms with Gasteiger partial charge in [-0.15, -0.1) is 11.3 Å². The monoisotopic (exact) mass is 303 g/mol. The molecule has 0 bridgehead atoms. The Hall–Kier alpha value is -1.76. The number of aromatic nitrogens is 1. The smallest absolute Gasteiger partial charge is 0.271 e. The van der Waals surface area contributed by atoms with Gasteiger partial charge in [0, 0.05) is 11.8 Å². The molecule has 1 aromatic heterocycles. The molecule has 0 saturated carbocycles. The molecule has 110 valence electrons. The Morgan fingerprint density at radius 3 is 3.00 bits per heavy atom. The first-order chi connectivity index (χ1) is 10.1. The molecule has 0 spiro atoms. The van der Waals surface area contributed by atoms with Crippen LogP contribution in [0.15, 0.2) is 29.6 Å². The SMILES string of the molecule is CC(N)c1nc(C(=O)N[C@H]2c3ccccc3C[C@H]2O)cs1. The van der Waals surface area contributed by atoms with Crippen molar-refractivity contribution in [3.63, 3.8) is 0 Å². The van der Waals surface area contributed by atoms with E-state index in [9.17, 15) is 9.90 Å². The summed E-state index contributed by atoms with van der Waals surface area (Å²) in [7, 11) is 0. The van der Waals surface area contributed by atoms with Crippen LogP contribution in [0.3, 0.4) is 0 Å². The van der Waals surface area contributed by atoms with Crippen molar-refractivity contribution in [1.29, 1.82) is 0 Å². The van der Waals surface area contributed by atoms with Gasteiger partial charge in [0.2, 0.25) is 0 Å². The van der Waals surface area contributed by atoms with Crippen LogP contribution in [0.1, 0.15) is 45.6 Å². The molecule has 5 nitrogen and oxygen atoms in total. The van der Waals surface area contributed by atoms with Crippen LogP contribution in [0.2, 0.25) is 0 Å². The molecule has 2 aromatic rings. The van der Waals surface area contributed by atoms with E-state index in [1.165, 1.54) is 11.3 Å². The number of nitrogens with two attached hydrogens (primary N) is 1. The molecule has 3 rings (SSSR count). The van der Waals surface area contributed by atoms with Crippen LogP contribution in [-0.2, 0) is 6.42 Å². The minimum atomic E-state index is -0.599. The maximum Gasteiger partial charge on any atom is 0.271 e. The molecule has 1 heterocycles. The number of fused-ring (bicyclic) bond motifs is 1. The number of carbonyl (C=O) groups excluding carboxylic acids is 1. The quantitative estimate of drug-likeness (QED) is 0.802. The van der Waals surface area contributed by atoms with Crippen LogP contribution < -0.4 is 11.1 Å². The number of amides is 1. The van der Waals surface area contributed by atoms with E-state index >= 15 is 0 Å². The average molecular weight is 303 g/mol. The van der Waals surface area contributed by atoms with Crippen molar-refractivity contribution in [3.8, 4) is 0 Å². The molecule has 3 atom stereocenters. The normalized spacial score (nSPS) is 21.9. The highest BCUT2D eigenvalue weighted by molar-refractivity contribution is 7.09. The zero-order valence-corrected chi connectivity index (χ0v) is 12.4. The van der Waals surface area contributed by atoms with E-state index in [2.05, 4.69) is 10.3 Å². The van der Waals surface area contributed by atoms with E-state index in [-0.39, 0.29) is 18.0 Å². The molecule has 4 N–H and O–H groups in total. The van der Waals surface area contributed by atoms with Crippen molar-refractivity contribution >= 4 is 17.2 Å². The predicted octanol–water partition coefficient (Wildman–Crippen LogP) is 1.55. The lowest BCUT2D eigenvalue weighted by Crippen LogP contribution is -2.34. The lowest BCUT2D eigenvalue weighted by molar-refractivity contribution is 0.0854. The molecule has 21 heavy (non-hydrogen) atoms. The van der Waals surface area contributed by atoms with E-state index in [4.69, 9.17) is 5.73 Å². The van der Waals surface area contributed by atoms with Gasteiger partial charge < -0.3 is 16.2 Å². The van der Waals surface area contributed by atoms with E-state index in [1.807, 2.05) is 31.2 Å². The fourth-order valence-corrected chi connectivity index (χ4v) is 3.32. The summed E-state index contributed by atoms with van der Waals surface area (Å²) in [4.78, 5) is 16.5. The summed E-state index contributed by atoms with van der Waals surface area (Å²) in [5.41, 5.74) is 8.15. The Morgan fingerprint density at radius 2 is 2.29 bits per heavy atom. The van der Waals surface area contributed by atoms with Gasteiger partial charge in [0.15, 0.2) is 0 Å². The fourth-order valence-electron chi connectivity index (χ4n) is 2.56. The highest BCUT2D eigenvalue weighted by atomic mass is 32.1. The third-order valence-corrected chi connectivity index (χ3v) is 4.68. The van der Waals surface area contributed by atoms with Gasteiger partial charge in [-0.2, -0.15) is 0 Å². The number of aliphatic hydroxyl groups excluding tert-OH is 1. The summed E-state index contributed by atoms with van der Waals surface area (Å²) in [6.07, 6.45) is -0.0404. The van der Waals surface area contributed by atoms with Crippen molar-refractivity contribution in [2.45, 2.75) is 31.5 Å². The van der Waals surface area contributed by atoms with Crippen LogP contribution >= 0.6 is 11.3 Å². The number of thiazole rings is 1. The maximum atomic E-state index is 12.3. The molecule has 0 saturated heterocycles. The van der Waals surface area contributed by atoms with Crippen molar-refractivity contribution in [3.05, 3.63) is 51.5 Å². The highest BCUT2D eigenvalue weighted by Crippen LogP contribution is 2.31. The Kier molecular flexibility index (Phi) is 3.75. The summed E-state index contributed by atoms with van der Waals surface area (Å²) in [6, 6.07) is 7.19. The molecular formula is C15H17N3O2S. The van der Waals surface area contributed by atoms with Gasteiger partial charge in [-0.25, -0.2) is 4.98 Å². The van der Waals surface area contributed by atoms with Crippen LogP contribution in [0.4, 0.5) is 0 Å². The molecule has 6 heteroatoms. The predicted molar refractivity (Wildman–Crippen MR) is 81.1 cm³/mol. The molecule has 1 aromatic carbocycles. The first-order valence-corrected chi connectivity index (χ1v) is 7.72. The van der Waals surface area contributed by atoms with Gasteiger partial charge >= 0.3 is 0 Å². The van der Waals surface area contributed by atoms with Crippen molar-refractivity contribution in [2.24, 2.45) is 5.73 Å². The zero-order chi connectivity index (χ0) is 15.0. The first-order valence-electron chi connectivity index (χ1n) is 6.84. The molecule has 1 aliphatic rings. The summed E-state index contributed by atoms with van der Waals surface area (Å²) in [6.45, 7) is 1.83. The summed E-state index contributed by atoms with van der Waals surface area (Å²) >= 11 is 1.37. The molecule has 0 aliphatic heterocycles. The minimum Gasteiger partial charge on any atom is -0.390 e. The van der Waals surface area contributed by atoms with Gasteiger partial charge in [-0.1, -0.05) is 24.3 Å². The first kappa shape index (κ1) is 14.2. The second kappa shape index (κ2) is 5.55. The molecule has 1 aliphatic carbocycles. The lowest BCUT2D eigenvalue weighted by atomic mass is 10.1. The van der Waals surface area contributed by atoms with Gasteiger partial charge in [0.1, 0.15) is 10.7 Å². The Bertz CT molecular complexity index is 668. The average Bonchev–Trinajstić information content (AvgIpc) is 3.05. The van der Waals surface area contributed by atoms with E-state index < -0.39 is 6.10 Å². The molecule has 1 unspecified atom stereocenters. The largest absolute Gasteiger partial charge is 0.390 e. The van der Waals surface area contributed by atoms with Crippen LogP contribution in [0.5, 0.6) is 0 Å². The minimum absolute atomic E-state index is 0.186.